The Kier molecular flexibility index (Phi) is 5.82. The Morgan fingerprint density at radius 3 is 3.00 bits per heavy atom. The van der Waals surface area contributed by atoms with Crippen LogP contribution < -0.4 is 5.32 Å². The molecule has 9 nitrogen and oxygen atoms in total. The third-order valence-electron chi connectivity index (χ3n) is 3.87. The fraction of sp³-hybridized carbons (Fsp3) is 0.375. The Bertz CT molecular complexity index is 873. The fourth-order valence-electron chi connectivity index (χ4n) is 2.48. The minimum Gasteiger partial charge on any atom is -0.461 e. The molecule has 1 aliphatic heterocycles. The summed E-state index contributed by atoms with van der Waals surface area (Å²) in [6.45, 7) is 4.50. The zero-order valence-electron chi connectivity index (χ0n) is 14.3. The van der Waals surface area contributed by atoms with Crippen LogP contribution in [-0.2, 0) is 4.74 Å². The number of nitrogens with one attached hydrogen (secondary N) is 1. The average Bonchev–Trinajstić information content (AvgIpc) is 3.44. The SMILES string of the molecule is O=C(Nc1nnc(SCCN2CCOCC2)s1)c1cc(-c2ccco2)on1. The summed E-state index contributed by atoms with van der Waals surface area (Å²) < 4.78 is 16.5. The number of hydrogen-bond acceptors (Lipinski definition) is 10. The van der Waals surface area contributed by atoms with E-state index in [1.807, 2.05) is 0 Å². The summed E-state index contributed by atoms with van der Waals surface area (Å²) in [5, 5.41) is 15.0. The largest absolute Gasteiger partial charge is 0.461 e. The van der Waals surface area contributed by atoms with Gasteiger partial charge in [0.15, 0.2) is 15.8 Å². The molecule has 4 heterocycles. The molecule has 142 valence electrons. The molecule has 0 aromatic carbocycles. The van der Waals surface area contributed by atoms with Crippen molar-refractivity contribution >= 4 is 34.1 Å². The second kappa shape index (κ2) is 8.65. The Hall–Kier alpha value is -2.21. The lowest BCUT2D eigenvalue weighted by molar-refractivity contribution is 0.0410. The van der Waals surface area contributed by atoms with Crippen molar-refractivity contribution in [3.63, 3.8) is 0 Å². The highest BCUT2D eigenvalue weighted by molar-refractivity contribution is 8.01. The van der Waals surface area contributed by atoms with E-state index in [9.17, 15) is 4.79 Å². The smallest absolute Gasteiger partial charge is 0.279 e. The van der Waals surface area contributed by atoms with Crippen LogP contribution in [0.25, 0.3) is 11.5 Å². The highest BCUT2D eigenvalue weighted by Gasteiger charge is 2.17. The fourth-order valence-corrected chi connectivity index (χ4v) is 4.30. The van der Waals surface area contributed by atoms with Crippen molar-refractivity contribution in [2.45, 2.75) is 4.34 Å². The highest BCUT2D eigenvalue weighted by atomic mass is 32.2. The summed E-state index contributed by atoms with van der Waals surface area (Å²) >= 11 is 2.96. The van der Waals surface area contributed by atoms with Gasteiger partial charge in [-0.15, -0.1) is 10.2 Å². The quantitative estimate of drug-likeness (QED) is 0.467. The first-order valence-electron chi connectivity index (χ1n) is 8.36. The standard InChI is InChI=1S/C16H17N5O4S2/c22-14(11-10-13(25-20-11)12-2-1-6-24-12)17-15-18-19-16(27-15)26-9-5-21-3-7-23-8-4-21/h1-2,6,10H,3-5,7-9H2,(H,17,18,22). The number of thioether (sulfide) groups is 1. The molecule has 1 aliphatic rings. The molecule has 3 aromatic heterocycles. The Morgan fingerprint density at radius 1 is 1.30 bits per heavy atom. The van der Waals surface area contributed by atoms with Crippen molar-refractivity contribution in [3.8, 4) is 11.5 Å². The van der Waals surface area contributed by atoms with Crippen LogP contribution in [0.15, 0.2) is 37.7 Å². The normalized spacial score (nSPS) is 15.1. The first kappa shape index (κ1) is 18.2. The molecule has 1 saturated heterocycles. The number of amides is 1. The van der Waals surface area contributed by atoms with E-state index in [0.29, 0.717) is 16.7 Å². The molecule has 3 aromatic rings. The average molecular weight is 407 g/mol. The molecule has 0 saturated carbocycles. The molecule has 0 aliphatic carbocycles. The van der Waals surface area contributed by atoms with E-state index >= 15 is 0 Å². The van der Waals surface area contributed by atoms with Crippen LogP contribution in [0, 0.1) is 0 Å². The number of aromatic nitrogens is 3. The zero-order chi connectivity index (χ0) is 18.5. The number of nitrogens with zero attached hydrogens (tertiary/aromatic N) is 4. The number of carbonyl (C=O) groups excluding carboxylic acids is 1. The molecule has 11 heteroatoms. The van der Waals surface area contributed by atoms with Gasteiger partial charge in [0.05, 0.1) is 19.5 Å². The van der Waals surface area contributed by atoms with Gasteiger partial charge in [0.25, 0.3) is 5.91 Å². The van der Waals surface area contributed by atoms with Gasteiger partial charge in [-0.2, -0.15) is 0 Å². The predicted octanol–water partition coefficient (Wildman–Crippen LogP) is 2.46. The van der Waals surface area contributed by atoms with Gasteiger partial charge in [0.1, 0.15) is 0 Å². The van der Waals surface area contributed by atoms with Crippen molar-refractivity contribution in [2.24, 2.45) is 0 Å². The number of anilines is 1. The van der Waals surface area contributed by atoms with Crippen molar-refractivity contribution in [3.05, 3.63) is 30.2 Å². The predicted molar refractivity (Wildman–Crippen MR) is 100 cm³/mol. The minimum absolute atomic E-state index is 0.151. The van der Waals surface area contributed by atoms with E-state index in [1.165, 1.54) is 23.7 Å². The van der Waals surface area contributed by atoms with Gasteiger partial charge in [0.2, 0.25) is 10.9 Å². The van der Waals surface area contributed by atoms with Gasteiger partial charge >= 0.3 is 0 Å². The molecule has 0 atom stereocenters. The first-order chi connectivity index (χ1) is 13.3. The lowest BCUT2D eigenvalue weighted by Gasteiger charge is -2.25. The summed E-state index contributed by atoms with van der Waals surface area (Å²) in [4.78, 5) is 14.6. The van der Waals surface area contributed by atoms with Crippen molar-refractivity contribution in [1.82, 2.24) is 20.3 Å². The molecule has 1 N–H and O–H groups in total. The van der Waals surface area contributed by atoms with Gasteiger partial charge in [-0.1, -0.05) is 28.3 Å². The van der Waals surface area contributed by atoms with E-state index in [2.05, 4.69) is 25.6 Å². The van der Waals surface area contributed by atoms with Gasteiger partial charge < -0.3 is 13.7 Å². The summed E-state index contributed by atoms with van der Waals surface area (Å²) in [5.41, 5.74) is 0.151. The lowest BCUT2D eigenvalue weighted by Crippen LogP contribution is -2.37. The second-order valence-electron chi connectivity index (χ2n) is 5.68. The first-order valence-corrected chi connectivity index (χ1v) is 10.2. The molecule has 27 heavy (non-hydrogen) atoms. The maximum atomic E-state index is 12.3. The molecular formula is C16H17N5O4S2. The molecule has 0 radical (unpaired) electrons. The third kappa shape index (κ3) is 4.75. The number of ether oxygens (including phenoxy) is 1. The minimum atomic E-state index is -0.405. The van der Waals surface area contributed by atoms with E-state index in [1.54, 1.807) is 23.9 Å². The van der Waals surface area contributed by atoms with E-state index in [4.69, 9.17) is 13.7 Å². The Labute approximate surface area is 163 Å². The third-order valence-corrected chi connectivity index (χ3v) is 5.82. The second-order valence-corrected chi connectivity index (χ2v) is 8.00. The molecular weight excluding hydrogens is 390 g/mol. The number of rotatable bonds is 7. The monoisotopic (exact) mass is 407 g/mol. The van der Waals surface area contributed by atoms with Crippen LogP contribution in [0.2, 0.25) is 0 Å². The van der Waals surface area contributed by atoms with E-state index in [-0.39, 0.29) is 5.69 Å². The molecule has 0 bridgehead atoms. The lowest BCUT2D eigenvalue weighted by atomic mass is 10.3. The zero-order valence-corrected chi connectivity index (χ0v) is 15.9. The molecule has 1 amide bonds. The van der Waals surface area contributed by atoms with E-state index in [0.717, 1.165) is 42.9 Å². The number of carbonyl (C=O) groups is 1. The van der Waals surface area contributed by atoms with Gasteiger partial charge in [-0.3, -0.25) is 15.0 Å². The molecule has 0 unspecified atom stereocenters. The number of morpholine rings is 1. The Morgan fingerprint density at radius 2 is 2.19 bits per heavy atom. The van der Waals surface area contributed by atoms with Crippen LogP contribution in [0.3, 0.4) is 0 Å². The topological polar surface area (TPSA) is 107 Å². The molecule has 0 spiro atoms. The van der Waals surface area contributed by atoms with Crippen LogP contribution in [-0.4, -0.2) is 64.8 Å². The van der Waals surface area contributed by atoms with Crippen LogP contribution >= 0.6 is 23.1 Å². The summed E-state index contributed by atoms with van der Waals surface area (Å²) in [6.07, 6.45) is 1.52. The van der Waals surface area contributed by atoms with Crippen molar-refractivity contribution in [2.75, 3.05) is 43.9 Å². The van der Waals surface area contributed by atoms with Crippen molar-refractivity contribution in [1.29, 1.82) is 0 Å². The van der Waals surface area contributed by atoms with Crippen LogP contribution in [0.4, 0.5) is 5.13 Å². The molecule has 4 rings (SSSR count). The molecule has 1 fully saturated rings. The summed E-state index contributed by atoms with van der Waals surface area (Å²) in [7, 11) is 0. The highest BCUT2D eigenvalue weighted by Crippen LogP contribution is 2.26. The number of hydrogen-bond donors (Lipinski definition) is 1. The Balaban J connectivity index is 1.28. The van der Waals surface area contributed by atoms with Gasteiger partial charge in [-0.25, -0.2) is 0 Å². The maximum Gasteiger partial charge on any atom is 0.279 e. The summed E-state index contributed by atoms with van der Waals surface area (Å²) in [5.74, 6) is 1.41. The summed E-state index contributed by atoms with van der Waals surface area (Å²) in [6, 6.07) is 4.98. The van der Waals surface area contributed by atoms with Crippen molar-refractivity contribution < 1.29 is 18.5 Å². The van der Waals surface area contributed by atoms with Gasteiger partial charge in [-0.05, 0) is 12.1 Å². The van der Waals surface area contributed by atoms with Gasteiger partial charge in [0, 0.05) is 31.5 Å². The maximum absolute atomic E-state index is 12.3. The van der Waals surface area contributed by atoms with E-state index < -0.39 is 5.91 Å². The van der Waals surface area contributed by atoms with Crippen LogP contribution in [0.5, 0.6) is 0 Å². The van der Waals surface area contributed by atoms with Crippen LogP contribution in [0.1, 0.15) is 10.5 Å². The number of furan rings is 1.